The van der Waals surface area contributed by atoms with Gasteiger partial charge in [0.05, 0.1) is 0 Å². The van der Waals surface area contributed by atoms with Gasteiger partial charge in [-0.05, 0) is 48.1 Å². The molecule has 0 aromatic heterocycles. The lowest BCUT2D eigenvalue weighted by Crippen LogP contribution is -2.51. The van der Waals surface area contributed by atoms with Crippen molar-refractivity contribution in [1.29, 1.82) is 0 Å². The lowest BCUT2D eigenvalue weighted by molar-refractivity contribution is -0.144. The van der Waals surface area contributed by atoms with Crippen LogP contribution in [0, 0.1) is 0 Å². The predicted octanol–water partition coefficient (Wildman–Crippen LogP) is 1.82. The van der Waals surface area contributed by atoms with E-state index in [1.165, 1.54) is 4.90 Å². The van der Waals surface area contributed by atoms with E-state index in [-0.39, 0.29) is 44.4 Å². The summed E-state index contributed by atoms with van der Waals surface area (Å²) in [6.07, 6.45) is 0.576. The molecule has 10 nitrogen and oxygen atoms in total. The minimum absolute atomic E-state index is 0.000859. The van der Waals surface area contributed by atoms with Crippen LogP contribution < -0.4 is 16.4 Å². The highest BCUT2D eigenvalue weighted by atomic mass is 16.5. The molecule has 1 aliphatic carbocycles. The van der Waals surface area contributed by atoms with Crippen molar-refractivity contribution in [3.05, 3.63) is 59.7 Å². The van der Waals surface area contributed by atoms with Crippen molar-refractivity contribution < 1.29 is 29.0 Å². The molecule has 1 heterocycles. The number of alkyl carbamates (subject to hydrolysis) is 1. The number of nitrogens with two attached hydrogens (primary N) is 1. The van der Waals surface area contributed by atoms with Crippen LogP contribution in [0.3, 0.4) is 0 Å². The van der Waals surface area contributed by atoms with E-state index in [1.807, 2.05) is 36.4 Å². The van der Waals surface area contributed by atoms with Crippen molar-refractivity contribution in [3.63, 3.8) is 0 Å². The summed E-state index contributed by atoms with van der Waals surface area (Å²) in [6, 6.07) is 14.3. The first-order chi connectivity index (χ1) is 17.9. The second-order valence-electron chi connectivity index (χ2n) is 9.22. The molecule has 0 bridgehead atoms. The largest absolute Gasteiger partial charge is 0.480 e. The normalized spacial score (nSPS) is 17.0. The number of fused-ring (bicyclic) bond motifs is 3. The molecule has 3 amide bonds. The van der Waals surface area contributed by atoms with Gasteiger partial charge >= 0.3 is 12.1 Å². The number of likely N-dealkylation sites (tertiary alicyclic amines) is 1. The maximum atomic E-state index is 12.7. The Balaban J connectivity index is 1.25. The summed E-state index contributed by atoms with van der Waals surface area (Å²) in [5.41, 5.74) is 9.93. The predicted molar refractivity (Wildman–Crippen MR) is 136 cm³/mol. The van der Waals surface area contributed by atoms with Gasteiger partial charge in [0.15, 0.2) is 0 Å². The number of aliphatic carboxylic acids is 1. The number of nitrogens with one attached hydrogen (secondary N) is 2. The highest BCUT2D eigenvalue weighted by Gasteiger charge is 2.35. The zero-order chi connectivity index (χ0) is 26.4. The molecule has 10 heteroatoms. The van der Waals surface area contributed by atoms with Crippen LogP contribution in [0.5, 0.6) is 0 Å². The molecule has 1 saturated heterocycles. The first-order valence-corrected chi connectivity index (χ1v) is 12.5. The molecule has 2 aromatic rings. The topological polar surface area (TPSA) is 151 Å². The van der Waals surface area contributed by atoms with Crippen molar-refractivity contribution in [3.8, 4) is 11.1 Å². The van der Waals surface area contributed by atoms with Gasteiger partial charge in [0.25, 0.3) is 0 Å². The van der Waals surface area contributed by atoms with Gasteiger partial charge in [0.2, 0.25) is 11.8 Å². The van der Waals surface area contributed by atoms with Gasteiger partial charge in [-0.1, -0.05) is 48.5 Å². The van der Waals surface area contributed by atoms with Crippen LogP contribution in [-0.4, -0.2) is 72.2 Å². The highest BCUT2D eigenvalue weighted by Crippen LogP contribution is 2.44. The second kappa shape index (κ2) is 11.9. The number of carbonyl (C=O) groups excluding carboxylic acids is 3. The standard InChI is InChI=1S/C27H32N4O6/c28-13-11-22(26(34)35)30-25(33)23-10-5-15-31(23)24(32)12-14-29-27(36)37-16-21-19-8-3-1-6-17(19)18-7-2-4-9-20(18)21/h1-4,6-9,21-23H,5,10-16,28H2,(H,29,36)(H,30,33)(H,34,35)/t22-,23-/m0/s1. The smallest absolute Gasteiger partial charge is 0.407 e. The average Bonchev–Trinajstić information content (AvgIpc) is 3.51. The van der Waals surface area contributed by atoms with Crippen LogP contribution in [-0.2, 0) is 19.1 Å². The first-order valence-electron chi connectivity index (χ1n) is 12.5. The lowest BCUT2D eigenvalue weighted by atomic mass is 9.98. The summed E-state index contributed by atoms with van der Waals surface area (Å²) in [4.78, 5) is 50.5. The average molecular weight is 509 g/mol. The maximum absolute atomic E-state index is 12.7. The Morgan fingerprint density at radius 3 is 2.32 bits per heavy atom. The third kappa shape index (κ3) is 5.91. The van der Waals surface area contributed by atoms with E-state index >= 15 is 0 Å². The molecule has 2 aromatic carbocycles. The van der Waals surface area contributed by atoms with E-state index in [0.29, 0.717) is 19.4 Å². The fraction of sp³-hybridized carbons (Fsp3) is 0.407. The molecular weight excluding hydrogens is 476 g/mol. The van der Waals surface area contributed by atoms with Gasteiger partial charge in [0.1, 0.15) is 18.7 Å². The SMILES string of the molecule is NCC[C@H](NC(=O)[C@@H]1CCCN1C(=O)CCNC(=O)OCC1c2ccccc2-c2ccccc21)C(=O)O. The third-order valence-electron chi connectivity index (χ3n) is 6.90. The zero-order valence-corrected chi connectivity index (χ0v) is 20.5. The van der Waals surface area contributed by atoms with Crippen molar-refractivity contribution in [2.24, 2.45) is 5.73 Å². The van der Waals surface area contributed by atoms with Crippen LogP contribution in [0.15, 0.2) is 48.5 Å². The molecular formula is C27H32N4O6. The molecule has 0 radical (unpaired) electrons. The Labute approximate surface area is 215 Å². The molecule has 196 valence electrons. The summed E-state index contributed by atoms with van der Waals surface area (Å²) < 4.78 is 5.49. The summed E-state index contributed by atoms with van der Waals surface area (Å²) in [5.74, 6) is -2.02. The Kier molecular flexibility index (Phi) is 8.39. The molecule has 0 unspecified atom stereocenters. The number of carbonyl (C=O) groups is 4. The molecule has 4 rings (SSSR count). The van der Waals surface area contributed by atoms with Gasteiger partial charge in [-0.15, -0.1) is 0 Å². The molecule has 1 fully saturated rings. The highest BCUT2D eigenvalue weighted by molar-refractivity contribution is 5.91. The van der Waals surface area contributed by atoms with Gasteiger partial charge in [-0.2, -0.15) is 0 Å². The molecule has 0 spiro atoms. The van der Waals surface area contributed by atoms with Crippen molar-refractivity contribution in [1.82, 2.24) is 15.5 Å². The number of ether oxygens (including phenoxy) is 1. The first kappa shape index (κ1) is 26.2. The lowest BCUT2D eigenvalue weighted by Gasteiger charge is -2.25. The summed E-state index contributed by atoms with van der Waals surface area (Å²) in [7, 11) is 0. The van der Waals surface area contributed by atoms with E-state index in [1.54, 1.807) is 0 Å². The summed E-state index contributed by atoms with van der Waals surface area (Å²) >= 11 is 0. The van der Waals surface area contributed by atoms with Gasteiger partial charge in [-0.25, -0.2) is 9.59 Å². The van der Waals surface area contributed by atoms with Gasteiger partial charge in [0, 0.05) is 25.4 Å². The van der Waals surface area contributed by atoms with Crippen molar-refractivity contribution in [2.75, 3.05) is 26.2 Å². The summed E-state index contributed by atoms with van der Waals surface area (Å²) in [6.45, 7) is 0.754. The van der Waals surface area contributed by atoms with E-state index in [4.69, 9.17) is 10.5 Å². The number of nitrogens with zero attached hydrogens (tertiary/aromatic N) is 1. The second-order valence-corrected chi connectivity index (χ2v) is 9.22. The monoisotopic (exact) mass is 508 g/mol. The fourth-order valence-electron chi connectivity index (χ4n) is 5.09. The van der Waals surface area contributed by atoms with Crippen LogP contribution in [0.2, 0.25) is 0 Å². The molecule has 37 heavy (non-hydrogen) atoms. The number of carboxylic acid groups (broad SMARTS) is 1. The summed E-state index contributed by atoms with van der Waals surface area (Å²) in [5, 5.41) is 14.3. The number of benzene rings is 2. The number of hydrogen-bond donors (Lipinski definition) is 4. The Morgan fingerprint density at radius 2 is 1.70 bits per heavy atom. The van der Waals surface area contributed by atoms with E-state index in [0.717, 1.165) is 22.3 Å². The number of rotatable bonds is 10. The minimum atomic E-state index is -1.16. The minimum Gasteiger partial charge on any atom is -0.480 e. The van der Waals surface area contributed by atoms with Crippen molar-refractivity contribution in [2.45, 2.75) is 43.7 Å². The number of amides is 3. The number of carboxylic acids is 1. The Hall–Kier alpha value is -3.92. The van der Waals surface area contributed by atoms with E-state index in [9.17, 15) is 24.3 Å². The van der Waals surface area contributed by atoms with E-state index < -0.39 is 30.1 Å². The van der Waals surface area contributed by atoms with Gasteiger partial charge in [-0.3, -0.25) is 9.59 Å². The van der Waals surface area contributed by atoms with Crippen LogP contribution in [0.1, 0.15) is 42.7 Å². The quantitative estimate of drug-likeness (QED) is 0.382. The van der Waals surface area contributed by atoms with E-state index in [2.05, 4.69) is 22.8 Å². The number of hydrogen-bond acceptors (Lipinski definition) is 6. The van der Waals surface area contributed by atoms with Gasteiger partial charge < -0.3 is 31.1 Å². The van der Waals surface area contributed by atoms with Crippen molar-refractivity contribution >= 4 is 23.9 Å². The Bertz CT molecular complexity index is 1120. The fourth-order valence-corrected chi connectivity index (χ4v) is 5.09. The molecule has 2 atom stereocenters. The third-order valence-corrected chi connectivity index (χ3v) is 6.90. The van der Waals surface area contributed by atoms with Crippen LogP contribution in [0.25, 0.3) is 11.1 Å². The molecule has 2 aliphatic rings. The Morgan fingerprint density at radius 1 is 1.05 bits per heavy atom. The molecule has 0 saturated carbocycles. The molecule has 5 N–H and O–H groups in total. The zero-order valence-electron chi connectivity index (χ0n) is 20.5. The van der Waals surface area contributed by atoms with Crippen LogP contribution >= 0.6 is 0 Å². The maximum Gasteiger partial charge on any atom is 0.407 e. The van der Waals surface area contributed by atoms with Crippen LogP contribution in [0.4, 0.5) is 4.79 Å². The molecule has 1 aliphatic heterocycles.